The van der Waals surface area contributed by atoms with E-state index in [4.69, 9.17) is 11.6 Å². The molecule has 0 saturated heterocycles. The molecule has 2 bridgehead atoms. The van der Waals surface area contributed by atoms with Crippen LogP contribution in [0.1, 0.15) is 36.5 Å². The molecule has 9 heteroatoms. The average Bonchev–Trinajstić information content (AvgIpc) is 2.67. The number of carbonyl (C=O) groups excluding carboxylic acids is 1. The first-order chi connectivity index (χ1) is 14.0. The first-order valence-electron chi connectivity index (χ1n) is 9.51. The molecule has 0 radical (unpaired) electrons. The van der Waals surface area contributed by atoms with Crippen molar-refractivity contribution in [1.82, 2.24) is 0 Å². The third-order valence-electron chi connectivity index (χ3n) is 6.38. The number of nitrogens with one attached hydrogen (secondary N) is 1. The minimum Gasteiger partial charge on any atom is -0.390 e. The Balaban J connectivity index is 1.59. The number of aliphatic hydroxyl groups is 1. The van der Waals surface area contributed by atoms with E-state index in [2.05, 4.69) is 5.32 Å². The Hall–Kier alpha value is -2.03. The fraction of sp³-hybridized carbons (Fsp3) is 0.381. The zero-order chi connectivity index (χ0) is 21.8. The second-order valence-corrected chi connectivity index (χ2v) is 10.9. The number of anilines is 1. The summed E-state index contributed by atoms with van der Waals surface area (Å²) in [4.78, 5) is 12.4. The van der Waals surface area contributed by atoms with Crippen molar-refractivity contribution in [2.45, 2.75) is 41.9 Å². The zero-order valence-electron chi connectivity index (χ0n) is 16.0. The molecule has 3 aliphatic rings. The van der Waals surface area contributed by atoms with Gasteiger partial charge in [-0.1, -0.05) is 11.6 Å². The molecule has 2 N–H and O–H groups in total. The van der Waals surface area contributed by atoms with Crippen LogP contribution in [0.15, 0.2) is 41.3 Å². The van der Waals surface area contributed by atoms with Crippen molar-refractivity contribution in [3.05, 3.63) is 58.6 Å². The van der Waals surface area contributed by atoms with Crippen LogP contribution in [0.3, 0.4) is 0 Å². The van der Waals surface area contributed by atoms with Crippen LogP contribution in [-0.4, -0.2) is 30.3 Å². The van der Waals surface area contributed by atoms with Gasteiger partial charge >= 0.3 is 0 Å². The molecule has 2 aromatic rings. The Morgan fingerprint density at radius 3 is 2.27 bits per heavy atom. The summed E-state index contributed by atoms with van der Waals surface area (Å²) in [5.41, 5.74) is -0.931. The van der Waals surface area contributed by atoms with Crippen LogP contribution in [0.2, 0.25) is 5.02 Å². The molecule has 160 valence electrons. The molecule has 0 aliphatic heterocycles. The summed E-state index contributed by atoms with van der Waals surface area (Å²) in [7, 11) is -3.83. The molecule has 30 heavy (non-hydrogen) atoms. The van der Waals surface area contributed by atoms with Crippen molar-refractivity contribution in [2.24, 2.45) is 11.8 Å². The summed E-state index contributed by atoms with van der Waals surface area (Å²) in [6.07, 6.45) is 1.47. The van der Waals surface area contributed by atoms with Crippen LogP contribution < -0.4 is 5.32 Å². The predicted octanol–water partition coefficient (Wildman–Crippen LogP) is 4.19. The summed E-state index contributed by atoms with van der Waals surface area (Å²) >= 11 is 6.15. The average molecular weight is 456 g/mol. The third-order valence-corrected chi connectivity index (χ3v) is 9.03. The van der Waals surface area contributed by atoms with E-state index in [0.29, 0.717) is 18.9 Å². The lowest BCUT2D eigenvalue weighted by Crippen LogP contribution is -2.60. The van der Waals surface area contributed by atoms with E-state index in [1.807, 2.05) is 0 Å². The van der Waals surface area contributed by atoms with Gasteiger partial charge in [0.15, 0.2) is 9.84 Å². The van der Waals surface area contributed by atoms with Crippen molar-refractivity contribution < 1.29 is 27.1 Å². The van der Waals surface area contributed by atoms with Gasteiger partial charge in [0, 0.05) is 17.3 Å². The van der Waals surface area contributed by atoms with Gasteiger partial charge in [0.25, 0.3) is 5.91 Å². The summed E-state index contributed by atoms with van der Waals surface area (Å²) in [6, 6.07) is 6.42. The van der Waals surface area contributed by atoms with Crippen molar-refractivity contribution >= 4 is 33.0 Å². The van der Waals surface area contributed by atoms with Gasteiger partial charge < -0.3 is 10.4 Å². The van der Waals surface area contributed by atoms with Crippen molar-refractivity contribution in [3.63, 3.8) is 0 Å². The van der Waals surface area contributed by atoms with Crippen LogP contribution >= 0.6 is 11.6 Å². The third kappa shape index (κ3) is 3.61. The second-order valence-electron chi connectivity index (χ2n) is 8.25. The van der Waals surface area contributed by atoms with Gasteiger partial charge in [0.05, 0.1) is 20.8 Å². The molecule has 2 unspecified atom stereocenters. The van der Waals surface area contributed by atoms with Gasteiger partial charge in [-0.2, -0.15) is 0 Å². The highest BCUT2D eigenvalue weighted by Crippen LogP contribution is 2.55. The number of rotatable bonds is 4. The smallest absolute Gasteiger partial charge is 0.255 e. The van der Waals surface area contributed by atoms with Gasteiger partial charge in [-0.3, -0.25) is 4.79 Å². The lowest BCUT2D eigenvalue weighted by Gasteiger charge is -2.56. The van der Waals surface area contributed by atoms with Gasteiger partial charge in [0.1, 0.15) is 11.6 Å². The molecule has 3 fully saturated rings. The normalized spacial score (nSPS) is 28.0. The molecule has 5 rings (SSSR count). The van der Waals surface area contributed by atoms with E-state index in [1.54, 1.807) is 6.92 Å². The van der Waals surface area contributed by atoms with E-state index in [-0.39, 0.29) is 33.0 Å². The van der Waals surface area contributed by atoms with Crippen LogP contribution in [0.5, 0.6) is 0 Å². The number of hydrogen-bond donors (Lipinski definition) is 2. The van der Waals surface area contributed by atoms with Crippen LogP contribution in [-0.2, 0) is 9.84 Å². The highest BCUT2D eigenvalue weighted by Gasteiger charge is 2.57. The lowest BCUT2D eigenvalue weighted by molar-refractivity contribution is -0.162. The summed E-state index contributed by atoms with van der Waals surface area (Å²) < 4.78 is 53.1. The molecule has 2 aromatic carbocycles. The fourth-order valence-electron chi connectivity index (χ4n) is 4.52. The Morgan fingerprint density at radius 1 is 1.10 bits per heavy atom. The van der Waals surface area contributed by atoms with Crippen LogP contribution in [0.25, 0.3) is 0 Å². The van der Waals surface area contributed by atoms with Gasteiger partial charge in [-0.05, 0) is 68.4 Å². The molecule has 0 spiro atoms. The Bertz CT molecular complexity index is 1100. The Morgan fingerprint density at radius 2 is 1.70 bits per heavy atom. The number of fused-ring (bicyclic) bond motifs is 2. The van der Waals surface area contributed by atoms with E-state index in [1.165, 1.54) is 18.2 Å². The monoisotopic (exact) mass is 455 g/mol. The number of hydrogen-bond acceptors (Lipinski definition) is 4. The zero-order valence-corrected chi connectivity index (χ0v) is 17.6. The molecule has 0 aromatic heterocycles. The summed E-state index contributed by atoms with van der Waals surface area (Å²) in [5, 5.41) is 12.0. The van der Waals surface area contributed by atoms with E-state index in [9.17, 15) is 27.1 Å². The lowest BCUT2D eigenvalue weighted by atomic mass is 9.54. The number of sulfone groups is 1. The standard InChI is InChI=1S/C21H20ClF2NO4S/c1-21(27)12-5-13(21)7-17(6-12)30(28,29)19-4-11(2-3-18(19)22)20(26)25-16-9-14(23)8-15(24)10-16/h2-4,8-10,12-13,17,27H,5-7H2,1H3,(H,25,26). The first-order valence-corrected chi connectivity index (χ1v) is 11.4. The molecule has 5 nitrogen and oxygen atoms in total. The van der Waals surface area contributed by atoms with Crippen molar-refractivity contribution in [1.29, 1.82) is 0 Å². The molecular weight excluding hydrogens is 436 g/mol. The van der Waals surface area contributed by atoms with Crippen LogP contribution in [0, 0.1) is 23.5 Å². The Kier molecular flexibility index (Phi) is 5.15. The number of benzene rings is 2. The first kappa shape index (κ1) is 21.2. The molecule has 2 atom stereocenters. The summed E-state index contributed by atoms with van der Waals surface area (Å²) in [5.74, 6) is -2.58. The van der Waals surface area contributed by atoms with Crippen molar-refractivity contribution in [2.75, 3.05) is 5.32 Å². The highest BCUT2D eigenvalue weighted by atomic mass is 35.5. The predicted molar refractivity (Wildman–Crippen MR) is 108 cm³/mol. The van der Waals surface area contributed by atoms with Crippen molar-refractivity contribution in [3.8, 4) is 0 Å². The number of amides is 1. The highest BCUT2D eigenvalue weighted by molar-refractivity contribution is 7.92. The quantitative estimate of drug-likeness (QED) is 0.724. The molecule has 3 aliphatic carbocycles. The Labute approximate surface area is 178 Å². The van der Waals surface area contributed by atoms with E-state index < -0.39 is 38.2 Å². The maximum Gasteiger partial charge on any atom is 0.255 e. The molecular formula is C21H20ClF2NO4S. The minimum atomic E-state index is -3.83. The SMILES string of the molecule is CC1(O)C2CC1CC(S(=O)(=O)c1cc(C(=O)Nc3cc(F)cc(F)c3)ccc1Cl)C2. The summed E-state index contributed by atoms with van der Waals surface area (Å²) in [6.45, 7) is 1.74. The van der Waals surface area contributed by atoms with Gasteiger partial charge in [0.2, 0.25) is 0 Å². The molecule has 0 heterocycles. The van der Waals surface area contributed by atoms with E-state index >= 15 is 0 Å². The molecule has 3 saturated carbocycles. The molecule has 1 amide bonds. The second kappa shape index (κ2) is 7.28. The van der Waals surface area contributed by atoms with Gasteiger partial charge in [-0.25, -0.2) is 17.2 Å². The fourth-order valence-corrected chi connectivity index (χ4v) is 6.92. The van der Waals surface area contributed by atoms with E-state index in [0.717, 1.165) is 18.6 Å². The maximum absolute atomic E-state index is 13.3. The number of carbonyl (C=O) groups is 1. The van der Waals surface area contributed by atoms with Gasteiger partial charge in [-0.15, -0.1) is 0 Å². The van der Waals surface area contributed by atoms with Crippen LogP contribution in [0.4, 0.5) is 14.5 Å². The topological polar surface area (TPSA) is 83.5 Å². The maximum atomic E-state index is 13.3. The number of halogens is 3. The largest absolute Gasteiger partial charge is 0.390 e. The minimum absolute atomic E-state index is 0.00407.